The number of amides is 1. The van der Waals surface area contributed by atoms with Crippen LogP contribution in [0, 0.1) is 11.8 Å². The molecule has 0 bridgehead atoms. The van der Waals surface area contributed by atoms with Crippen LogP contribution in [0.4, 0.5) is 0 Å². The van der Waals surface area contributed by atoms with Crippen molar-refractivity contribution in [2.24, 2.45) is 11.8 Å². The molecule has 2 unspecified atom stereocenters. The highest BCUT2D eigenvalue weighted by Gasteiger charge is 2.35. The molecule has 0 aromatic rings. The Balaban J connectivity index is 2.65. The summed E-state index contributed by atoms with van der Waals surface area (Å²) in [5.41, 5.74) is 0. The topological polar surface area (TPSA) is 37.4 Å². The number of nitrogens with zero attached hydrogens (tertiary/aromatic N) is 1. The van der Waals surface area contributed by atoms with Crippen LogP contribution in [0.15, 0.2) is 0 Å². The Hall–Kier alpha value is -0.860. The van der Waals surface area contributed by atoms with E-state index in [4.69, 9.17) is 0 Å². The first-order valence-electron chi connectivity index (χ1n) is 5.79. The molecule has 15 heavy (non-hydrogen) atoms. The third-order valence-corrected chi connectivity index (χ3v) is 3.41. The van der Waals surface area contributed by atoms with Crippen molar-refractivity contribution < 1.29 is 9.59 Å². The molecule has 3 heteroatoms. The molecule has 0 saturated carbocycles. The summed E-state index contributed by atoms with van der Waals surface area (Å²) >= 11 is 0. The minimum Gasteiger partial charge on any atom is -0.333 e. The third kappa shape index (κ3) is 2.58. The summed E-state index contributed by atoms with van der Waals surface area (Å²) in [5.74, 6) is 1.24. The lowest BCUT2D eigenvalue weighted by molar-refractivity contribution is -0.135. The first kappa shape index (κ1) is 12.2. The fraction of sp³-hybridized carbons (Fsp3) is 0.833. The summed E-state index contributed by atoms with van der Waals surface area (Å²) in [5, 5.41) is 0. The van der Waals surface area contributed by atoms with Gasteiger partial charge in [0.15, 0.2) is 5.78 Å². The molecule has 3 nitrogen and oxygen atoms in total. The SMILES string of the molecule is CCC(=O)C(C)N1CC(C(C)C)CC1=O. The third-order valence-electron chi connectivity index (χ3n) is 3.41. The van der Waals surface area contributed by atoms with Crippen molar-refractivity contribution in [2.75, 3.05) is 6.54 Å². The van der Waals surface area contributed by atoms with Gasteiger partial charge < -0.3 is 4.90 Å². The lowest BCUT2D eigenvalue weighted by atomic mass is 9.95. The number of hydrogen-bond acceptors (Lipinski definition) is 2. The van der Waals surface area contributed by atoms with E-state index in [1.165, 1.54) is 0 Å². The summed E-state index contributed by atoms with van der Waals surface area (Å²) < 4.78 is 0. The summed E-state index contributed by atoms with van der Waals surface area (Å²) in [7, 11) is 0. The molecule has 0 aromatic carbocycles. The summed E-state index contributed by atoms with van der Waals surface area (Å²) in [6.07, 6.45) is 1.12. The van der Waals surface area contributed by atoms with Gasteiger partial charge in [-0.1, -0.05) is 20.8 Å². The molecular formula is C12H21NO2. The van der Waals surface area contributed by atoms with Crippen molar-refractivity contribution in [2.45, 2.75) is 46.6 Å². The van der Waals surface area contributed by atoms with Gasteiger partial charge in [0.25, 0.3) is 0 Å². The highest BCUT2D eigenvalue weighted by atomic mass is 16.2. The molecule has 1 rings (SSSR count). The molecule has 0 radical (unpaired) electrons. The second-order valence-corrected chi connectivity index (χ2v) is 4.75. The standard InChI is InChI=1S/C12H21NO2/c1-5-11(14)9(4)13-7-10(8(2)3)6-12(13)15/h8-10H,5-7H2,1-4H3. The highest BCUT2D eigenvalue weighted by molar-refractivity contribution is 5.89. The molecule has 1 saturated heterocycles. The zero-order valence-corrected chi connectivity index (χ0v) is 10.1. The van der Waals surface area contributed by atoms with Crippen LogP contribution in [0.5, 0.6) is 0 Å². The maximum absolute atomic E-state index is 11.7. The fourth-order valence-electron chi connectivity index (χ4n) is 2.05. The quantitative estimate of drug-likeness (QED) is 0.711. The summed E-state index contributed by atoms with van der Waals surface area (Å²) in [6, 6.07) is -0.230. The predicted molar refractivity (Wildman–Crippen MR) is 59.4 cm³/mol. The number of Topliss-reactive ketones (excluding diaryl/α,β-unsaturated/α-hetero) is 1. The number of carbonyl (C=O) groups is 2. The smallest absolute Gasteiger partial charge is 0.223 e. The molecule has 0 aromatic heterocycles. The van der Waals surface area contributed by atoms with E-state index in [0.717, 1.165) is 6.54 Å². The molecule has 0 spiro atoms. The summed E-state index contributed by atoms with van der Waals surface area (Å²) in [4.78, 5) is 25.0. The Kier molecular flexibility index (Phi) is 3.89. The van der Waals surface area contributed by atoms with E-state index in [1.54, 1.807) is 4.90 Å². The molecule has 1 heterocycles. The lowest BCUT2D eigenvalue weighted by Gasteiger charge is -2.24. The second-order valence-electron chi connectivity index (χ2n) is 4.75. The maximum atomic E-state index is 11.7. The van der Waals surface area contributed by atoms with E-state index in [-0.39, 0.29) is 17.7 Å². The molecule has 2 atom stereocenters. The molecule has 1 aliphatic heterocycles. The molecule has 1 fully saturated rings. The lowest BCUT2D eigenvalue weighted by Crippen LogP contribution is -2.40. The maximum Gasteiger partial charge on any atom is 0.223 e. The van der Waals surface area contributed by atoms with Crippen LogP contribution in [0.3, 0.4) is 0 Å². The van der Waals surface area contributed by atoms with Crippen LogP contribution >= 0.6 is 0 Å². The van der Waals surface area contributed by atoms with Crippen LogP contribution in [0.1, 0.15) is 40.5 Å². The molecule has 86 valence electrons. The van der Waals surface area contributed by atoms with Crippen LogP contribution in [0.25, 0.3) is 0 Å². The zero-order chi connectivity index (χ0) is 11.6. The largest absolute Gasteiger partial charge is 0.333 e. The predicted octanol–water partition coefficient (Wildman–Crippen LogP) is 1.86. The monoisotopic (exact) mass is 211 g/mol. The van der Waals surface area contributed by atoms with Crippen LogP contribution < -0.4 is 0 Å². The van der Waals surface area contributed by atoms with Gasteiger partial charge >= 0.3 is 0 Å². The van der Waals surface area contributed by atoms with E-state index < -0.39 is 0 Å². The van der Waals surface area contributed by atoms with Crippen molar-refractivity contribution in [3.63, 3.8) is 0 Å². The van der Waals surface area contributed by atoms with Gasteiger partial charge in [0.2, 0.25) is 5.91 Å². The minimum absolute atomic E-state index is 0.142. The fourth-order valence-corrected chi connectivity index (χ4v) is 2.05. The van der Waals surface area contributed by atoms with Crippen molar-refractivity contribution >= 4 is 11.7 Å². The van der Waals surface area contributed by atoms with E-state index in [9.17, 15) is 9.59 Å². The number of ketones is 1. The van der Waals surface area contributed by atoms with Gasteiger partial charge in [-0.2, -0.15) is 0 Å². The van der Waals surface area contributed by atoms with Crippen LogP contribution in [0.2, 0.25) is 0 Å². The van der Waals surface area contributed by atoms with Crippen molar-refractivity contribution in [1.29, 1.82) is 0 Å². The van der Waals surface area contributed by atoms with Gasteiger partial charge in [-0.05, 0) is 18.8 Å². The van der Waals surface area contributed by atoms with Gasteiger partial charge in [-0.25, -0.2) is 0 Å². The van der Waals surface area contributed by atoms with Gasteiger partial charge in [-0.3, -0.25) is 9.59 Å². The molecule has 0 aliphatic carbocycles. The first-order valence-corrected chi connectivity index (χ1v) is 5.79. The first-order chi connectivity index (χ1) is 6.97. The van der Waals surface area contributed by atoms with Crippen molar-refractivity contribution in [1.82, 2.24) is 4.90 Å². The van der Waals surface area contributed by atoms with Crippen LogP contribution in [-0.2, 0) is 9.59 Å². The van der Waals surface area contributed by atoms with Crippen LogP contribution in [-0.4, -0.2) is 29.2 Å². The minimum atomic E-state index is -0.230. The average molecular weight is 211 g/mol. The zero-order valence-electron chi connectivity index (χ0n) is 10.1. The van der Waals surface area contributed by atoms with Gasteiger partial charge in [0, 0.05) is 19.4 Å². The normalized spacial score (nSPS) is 23.7. The average Bonchev–Trinajstić information content (AvgIpc) is 2.58. The Bertz CT molecular complexity index is 260. The Morgan fingerprint density at radius 1 is 1.47 bits per heavy atom. The molecule has 1 aliphatic rings. The van der Waals surface area contributed by atoms with E-state index >= 15 is 0 Å². The Labute approximate surface area is 91.8 Å². The van der Waals surface area contributed by atoms with Gasteiger partial charge in [0.1, 0.15) is 0 Å². The second kappa shape index (κ2) is 4.77. The van der Waals surface area contributed by atoms with Crippen molar-refractivity contribution in [3.8, 4) is 0 Å². The van der Waals surface area contributed by atoms with Crippen molar-refractivity contribution in [3.05, 3.63) is 0 Å². The molecule has 1 amide bonds. The number of carbonyl (C=O) groups excluding carboxylic acids is 2. The Morgan fingerprint density at radius 2 is 2.07 bits per heavy atom. The van der Waals surface area contributed by atoms with E-state index in [1.807, 2.05) is 13.8 Å². The van der Waals surface area contributed by atoms with E-state index in [0.29, 0.717) is 24.7 Å². The number of rotatable bonds is 4. The summed E-state index contributed by atoms with van der Waals surface area (Å²) in [6.45, 7) is 8.71. The molecular weight excluding hydrogens is 190 g/mol. The number of hydrogen-bond donors (Lipinski definition) is 0. The highest BCUT2D eigenvalue weighted by Crippen LogP contribution is 2.26. The van der Waals surface area contributed by atoms with Gasteiger partial charge in [-0.15, -0.1) is 0 Å². The Morgan fingerprint density at radius 3 is 2.47 bits per heavy atom. The van der Waals surface area contributed by atoms with Gasteiger partial charge in [0.05, 0.1) is 6.04 Å². The molecule has 0 N–H and O–H groups in total. The number of likely N-dealkylation sites (tertiary alicyclic amines) is 1. The van der Waals surface area contributed by atoms with E-state index in [2.05, 4.69) is 13.8 Å².